The zero-order valence-electron chi connectivity index (χ0n) is 18.2. The number of primary sulfonamides is 1. The van der Waals surface area contributed by atoms with Gasteiger partial charge in [-0.15, -0.1) is 10.2 Å². The first kappa shape index (κ1) is 22.9. The van der Waals surface area contributed by atoms with Crippen LogP contribution in [0.1, 0.15) is 18.4 Å². The fourth-order valence-corrected chi connectivity index (χ4v) is 4.46. The van der Waals surface area contributed by atoms with Crippen molar-refractivity contribution in [1.29, 1.82) is 0 Å². The second kappa shape index (κ2) is 10.1. The number of piperidine rings is 1. The molecule has 3 N–H and O–H groups in total. The Hall–Kier alpha value is -3.30. The van der Waals surface area contributed by atoms with Gasteiger partial charge in [-0.2, -0.15) is 0 Å². The van der Waals surface area contributed by atoms with Gasteiger partial charge in [0.05, 0.1) is 10.6 Å². The molecular formula is C24H27N5O3S. The lowest BCUT2D eigenvalue weighted by atomic mass is 9.96. The lowest BCUT2D eigenvalue weighted by Gasteiger charge is -2.31. The molecule has 1 fully saturated rings. The molecule has 0 saturated carbocycles. The Morgan fingerprint density at radius 1 is 0.970 bits per heavy atom. The summed E-state index contributed by atoms with van der Waals surface area (Å²) in [5, 5.41) is 16.8. The number of nitrogens with one attached hydrogen (secondary N) is 1. The van der Waals surface area contributed by atoms with Crippen LogP contribution in [-0.2, 0) is 21.2 Å². The fraction of sp³-hybridized carbons (Fsp3) is 0.292. The van der Waals surface area contributed by atoms with Crippen molar-refractivity contribution in [3.8, 4) is 11.3 Å². The number of sulfonamides is 1. The van der Waals surface area contributed by atoms with E-state index in [0.29, 0.717) is 13.0 Å². The largest absolute Gasteiger partial charge is 0.356 e. The molecule has 0 aliphatic carbocycles. The van der Waals surface area contributed by atoms with Gasteiger partial charge >= 0.3 is 0 Å². The Kier molecular flexibility index (Phi) is 7.00. The molecule has 0 spiro atoms. The number of anilines is 1. The van der Waals surface area contributed by atoms with Crippen LogP contribution in [0.5, 0.6) is 0 Å². The summed E-state index contributed by atoms with van der Waals surface area (Å²) in [6, 6.07) is 20.3. The van der Waals surface area contributed by atoms with Gasteiger partial charge in [0.25, 0.3) is 0 Å². The van der Waals surface area contributed by atoms with E-state index in [1.807, 2.05) is 42.5 Å². The second-order valence-corrected chi connectivity index (χ2v) is 9.70. The number of carbonyl (C=O) groups excluding carboxylic acids is 1. The van der Waals surface area contributed by atoms with Crippen molar-refractivity contribution < 1.29 is 13.2 Å². The maximum atomic E-state index is 12.6. The van der Waals surface area contributed by atoms with Crippen LogP contribution >= 0.6 is 0 Å². The molecule has 3 aromatic rings. The van der Waals surface area contributed by atoms with Gasteiger partial charge < -0.3 is 10.2 Å². The van der Waals surface area contributed by atoms with Crippen LogP contribution in [0.3, 0.4) is 0 Å². The van der Waals surface area contributed by atoms with Gasteiger partial charge in [-0.25, -0.2) is 13.6 Å². The van der Waals surface area contributed by atoms with E-state index >= 15 is 0 Å². The summed E-state index contributed by atoms with van der Waals surface area (Å²) in [7, 11) is -3.69. The van der Waals surface area contributed by atoms with Gasteiger partial charge in [0.15, 0.2) is 5.82 Å². The SMILES string of the molecule is NS(=O)(=O)c1ccc(CCNC(=O)C2CCN(c3ccc(-c4ccccc4)nn3)CC2)cc1. The van der Waals surface area contributed by atoms with Gasteiger partial charge in [-0.3, -0.25) is 4.79 Å². The lowest BCUT2D eigenvalue weighted by molar-refractivity contribution is -0.125. The zero-order valence-corrected chi connectivity index (χ0v) is 19.0. The smallest absolute Gasteiger partial charge is 0.238 e. The van der Waals surface area contributed by atoms with Gasteiger partial charge in [-0.1, -0.05) is 42.5 Å². The van der Waals surface area contributed by atoms with E-state index < -0.39 is 10.0 Å². The summed E-state index contributed by atoms with van der Waals surface area (Å²) >= 11 is 0. The summed E-state index contributed by atoms with van der Waals surface area (Å²) in [5.74, 6) is 0.861. The number of carbonyl (C=O) groups is 1. The molecule has 2 heterocycles. The first-order valence-electron chi connectivity index (χ1n) is 10.9. The van der Waals surface area contributed by atoms with E-state index in [1.165, 1.54) is 12.1 Å². The summed E-state index contributed by atoms with van der Waals surface area (Å²) in [6.45, 7) is 2.01. The number of nitrogens with two attached hydrogens (primary N) is 1. The van der Waals surface area contributed by atoms with Crippen LogP contribution < -0.4 is 15.4 Å². The molecule has 1 aliphatic rings. The van der Waals surface area contributed by atoms with Crippen molar-refractivity contribution in [2.75, 3.05) is 24.5 Å². The molecule has 1 aromatic heterocycles. The van der Waals surface area contributed by atoms with Crippen molar-refractivity contribution >= 4 is 21.7 Å². The molecule has 1 aliphatic heterocycles. The lowest BCUT2D eigenvalue weighted by Crippen LogP contribution is -2.41. The average molecular weight is 466 g/mol. The van der Waals surface area contributed by atoms with Crippen molar-refractivity contribution in [3.05, 3.63) is 72.3 Å². The Bertz CT molecular complexity index is 1180. The Morgan fingerprint density at radius 2 is 1.67 bits per heavy atom. The molecule has 33 heavy (non-hydrogen) atoms. The van der Waals surface area contributed by atoms with Crippen LogP contribution in [0.25, 0.3) is 11.3 Å². The van der Waals surface area contributed by atoms with E-state index in [-0.39, 0.29) is 16.7 Å². The Balaban J connectivity index is 1.23. The predicted molar refractivity (Wildman–Crippen MR) is 127 cm³/mol. The summed E-state index contributed by atoms with van der Waals surface area (Å²) in [5.41, 5.74) is 2.82. The van der Waals surface area contributed by atoms with Gasteiger partial charge in [0, 0.05) is 31.1 Å². The van der Waals surface area contributed by atoms with Crippen molar-refractivity contribution in [1.82, 2.24) is 15.5 Å². The van der Waals surface area contributed by atoms with E-state index in [0.717, 1.165) is 48.6 Å². The van der Waals surface area contributed by atoms with E-state index in [1.54, 1.807) is 12.1 Å². The summed E-state index contributed by atoms with van der Waals surface area (Å²) in [4.78, 5) is 14.8. The molecule has 1 saturated heterocycles. The topological polar surface area (TPSA) is 118 Å². The first-order valence-corrected chi connectivity index (χ1v) is 12.5. The molecule has 172 valence electrons. The highest BCUT2D eigenvalue weighted by Gasteiger charge is 2.25. The second-order valence-electron chi connectivity index (χ2n) is 8.13. The molecule has 4 rings (SSSR count). The van der Waals surface area contributed by atoms with Crippen LogP contribution in [0.2, 0.25) is 0 Å². The molecule has 2 aromatic carbocycles. The number of amides is 1. The average Bonchev–Trinajstić information content (AvgIpc) is 2.84. The standard InChI is InChI=1S/C24H27N5O3S/c25-33(31,32)21-8-6-18(7-9-21)12-15-26-24(30)20-13-16-29(17-14-20)23-11-10-22(27-28-23)19-4-2-1-3-5-19/h1-11,20H,12-17H2,(H,26,30)(H2,25,31,32). The Labute approximate surface area is 193 Å². The molecule has 0 bridgehead atoms. The molecule has 1 amide bonds. The number of rotatable bonds is 7. The maximum Gasteiger partial charge on any atom is 0.238 e. The third-order valence-electron chi connectivity index (χ3n) is 5.87. The highest BCUT2D eigenvalue weighted by Crippen LogP contribution is 2.23. The number of aromatic nitrogens is 2. The van der Waals surface area contributed by atoms with Crippen LogP contribution in [0.15, 0.2) is 71.6 Å². The normalized spacial score (nSPS) is 14.8. The van der Waals surface area contributed by atoms with Crippen LogP contribution in [0.4, 0.5) is 5.82 Å². The number of hydrogen-bond acceptors (Lipinski definition) is 6. The molecule has 0 atom stereocenters. The first-order chi connectivity index (χ1) is 15.9. The fourth-order valence-electron chi connectivity index (χ4n) is 3.95. The molecular weight excluding hydrogens is 438 g/mol. The minimum Gasteiger partial charge on any atom is -0.356 e. The van der Waals surface area contributed by atoms with E-state index in [9.17, 15) is 13.2 Å². The zero-order chi connectivity index (χ0) is 23.3. The molecule has 9 heteroatoms. The third-order valence-corrected chi connectivity index (χ3v) is 6.80. The highest BCUT2D eigenvalue weighted by molar-refractivity contribution is 7.89. The summed E-state index contributed by atoms with van der Waals surface area (Å²) < 4.78 is 22.6. The molecule has 8 nitrogen and oxygen atoms in total. The minimum absolute atomic E-state index is 0.0254. The Morgan fingerprint density at radius 3 is 2.27 bits per heavy atom. The van der Waals surface area contributed by atoms with Crippen LogP contribution in [0, 0.1) is 5.92 Å². The number of nitrogens with zero attached hydrogens (tertiary/aromatic N) is 3. The highest BCUT2D eigenvalue weighted by atomic mass is 32.2. The van der Waals surface area contributed by atoms with Crippen molar-refractivity contribution in [3.63, 3.8) is 0 Å². The van der Waals surface area contributed by atoms with Crippen molar-refractivity contribution in [2.24, 2.45) is 11.1 Å². The predicted octanol–water partition coefficient (Wildman–Crippen LogP) is 2.37. The van der Waals surface area contributed by atoms with E-state index in [4.69, 9.17) is 5.14 Å². The molecule has 0 radical (unpaired) electrons. The van der Waals surface area contributed by atoms with Crippen LogP contribution in [-0.4, -0.2) is 44.2 Å². The number of benzene rings is 2. The van der Waals surface area contributed by atoms with Crippen molar-refractivity contribution in [2.45, 2.75) is 24.2 Å². The van der Waals surface area contributed by atoms with E-state index in [2.05, 4.69) is 20.4 Å². The number of hydrogen-bond donors (Lipinski definition) is 2. The monoisotopic (exact) mass is 465 g/mol. The maximum absolute atomic E-state index is 12.6. The van der Waals surface area contributed by atoms with Gasteiger partial charge in [-0.05, 0) is 49.1 Å². The summed E-state index contributed by atoms with van der Waals surface area (Å²) in [6.07, 6.45) is 2.15. The molecule has 0 unspecified atom stereocenters. The van der Waals surface area contributed by atoms with Gasteiger partial charge in [0.2, 0.25) is 15.9 Å². The quantitative estimate of drug-likeness (QED) is 0.553. The van der Waals surface area contributed by atoms with Gasteiger partial charge in [0.1, 0.15) is 0 Å². The third kappa shape index (κ3) is 5.94. The minimum atomic E-state index is -3.69.